The first-order valence-electron chi connectivity index (χ1n) is 7.52. The fourth-order valence-electron chi connectivity index (χ4n) is 2.51. The van der Waals surface area contributed by atoms with Crippen molar-refractivity contribution < 1.29 is 4.79 Å². The first-order chi connectivity index (χ1) is 10.5. The first-order valence-corrected chi connectivity index (χ1v) is 7.92. The first kappa shape index (κ1) is 16.4. The SMILES string of the molecule is CCCc1n[nH]c(=S)n1CC(=O)NC(C)c1ccccc1C. The number of nitrogens with zero attached hydrogens (tertiary/aromatic N) is 2. The van der Waals surface area contributed by atoms with Crippen molar-refractivity contribution in [2.45, 2.75) is 46.2 Å². The van der Waals surface area contributed by atoms with E-state index >= 15 is 0 Å². The third kappa shape index (κ3) is 3.82. The van der Waals surface area contributed by atoms with Crippen molar-refractivity contribution in [2.75, 3.05) is 0 Å². The Morgan fingerprint density at radius 3 is 2.86 bits per heavy atom. The zero-order chi connectivity index (χ0) is 16.1. The van der Waals surface area contributed by atoms with Crippen molar-refractivity contribution in [1.29, 1.82) is 0 Å². The summed E-state index contributed by atoms with van der Waals surface area (Å²) in [6.07, 6.45) is 1.76. The highest BCUT2D eigenvalue weighted by atomic mass is 32.1. The van der Waals surface area contributed by atoms with Gasteiger partial charge in [0.15, 0.2) is 4.77 Å². The number of aryl methyl sites for hydroxylation is 2. The van der Waals surface area contributed by atoms with E-state index in [0.29, 0.717) is 4.77 Å². The van der Waals surface area contributed by atoms with Crippen molar-refractivity contribution in [3.05, 3.63) is 46.0 Å². The summed E-state index contributed by atoms with van der Waals surface area (Å²) in [5.41, 5.74) is 2.29. The van der Waals surface area contributed by atoms with Gasteiger partial charge in [-0.1, -0.05) is 31.2 Å². The monoisotopic (exact) mass is 318 g/mol. The zero-order valence-corrected chi connectivity index (χ0v) is 14.0. The summed E-state index contributed by atoms with van der Waals surface area (Å²) in [4.78, 5) is 12.3. The number of amides is 1. The van der Waals surface area contributed by atoms with Gasteiger partial charge in [0.05, 0.1) is 6.04 Å². The molecule has 1 aromatic carbocycles. The minimum Gasteiger partial charge on any atom is -0.348 e. The number of carbonyl (C=O) groups excluding carboxylic acids is 1. The number of nitrogens with one attached hydrogen (secondary N) is 2. The Morgan fingerprint density at radius 1 is 1.45 bits per heavy atom. The highest BCUT2D eigenvalue weighted by Gasteiger charge is 2.14. The molecule has 2 N–H and O–H groups in total. The topological polar surface area (TPSA) is 62.7 Å². The van der Waals surface area contributed by atoms with Gasteiger partial charge in [-0.15, -0.1) is 0 Å². The van der Waals surface area contributed by atoms with Crippen molar-refractivity contribution in [2.24, 2.45) is 0 Å². The van der Waals surface area contributed by atoms with Crippen molar-refractivity contribution in [3.63, 3.8) is 0 Å². The molecule has 0 aliphatic carbocycles. The number of aromatic amines is 1. The van der Waals surface area contributed by atoms with E-state index in [-0.39, 0.29) is 18.5 Å². The van der Waals surface area contributed by atoms with Crippen LogP contribution in [0.2, 0.25) is 0 Å². The summed E-state index contributed by atoms with van der Waals surface area (Å²) in [6.45, 7) is 6.30. The molecule has 1 amide bonds. The molecule has 1 aromatic heterocycles. The van der Waals surface area contributed by atoms with E-state index in [9.17, 15) is 4.79 Å². The van der Waals surface area contributed by atoms with Crippen LogP contribution in [0.4, 0.5) is 0 Å². The molecule has 0 bridgehead atoms. The molecule has 2 rings (SSSR count). The van der Waals surface area contributed by atoms with Crippen LogP contribution in [-0.4, -0.2) is 20.7 Å². The molecule has 0 aliphatic heterocycles. The third-order valence-corrected chi connectivity index (χ3v) is 3.96. The Bertz CT molecular complexity index is 704. The van der Waals surface area contributed by atoms with Gasteiger partial charge < -0.3 is 5.32 Å². The molecule has 0 saturated heterocycles. The number of rotatable bonds is 6. The molecule has 0 spiro atoms. The minimum absolute atomic E-state index is 0.0376. The largest absolute Gasteiger partial charge is 0.348 e. The predicted molar refractivity (Wildman–Crippen MR) is 89.1 cm³/mol. The average Bonchev–Trinajstić information content (AvgIpc) is 2.81. The standard InChI is InChI=1S/C16H22N4OS/c1-4-7-14-18-19-16(22)20(14)10-15(21)17-12(3)13-9-6-5-8-11(13)2/h5-6,8-9,12H,4,7,10H2,1-3H3,(H,17,21)(H,19,22). The summed E-state index contributed by atoms with van der Waals surface area (Å²) < 4.78 is 2.25. The Balaban J connectivity index is 2.06. The highest BCUT2D eigenvalue weighted by Crippen LogP contribution is 2.16. The molecule has 5 nitrogen and oxygen atoms in total. The lowest BCUT2D eigenvalue weighted by atomic mass is 10.0. The number of hydrogen-bond donors (Lipinski definition) is 2. The lowest BCUT2D eigenvalue weighted by molar-refractivity contribution is -0.122. The summed E-state index contributed by atoms with van der Waals surface area (Å²) >= 11 is 5.20. The Kier molecular flexibility index (Phi) is 5.49. The van der Waals surface area contributed by atoms with Crippen LogP contribution >= 0.6 is 12.2 Å². The van der Waals surface area contributed by atoms with Gasteiger partial charge in [-0.3, -0.25) is 14.5 Å². The van der Waals surface area contributed by atoms with Gasteiger partial charge in [0.25, 0.3) is 0 Å². The maximum atomic E-state index is 12.3. The smallest absolute Gasteiger partial charge is 0.240 e. The maximum absolute atomic E-state index is 12.3. The molecule has 0 aliphatic rings. The maximum Gasteiger partial charge on any atom is 0.240 e. The van der Waals surface area contributed by atoms with Crippen LogP contribution in [0.15, 0.2) is 24.3 Å². The van der Waals surface area contributed by atoms with Gasteiger partial charge in [-0.25, -0.2) is 0 Å². The Labute approximate surface area is 135 Å². The predicted octanol–water partition coefficient (Wildman–Crippen LogP) is 3.08. The second-order valence-corrected chi connectivity index (χ2v) is 5.81. The van der Waals surface area contributed by atoms with Gasteiger partial charge in [0.2, 0.25) is 5.91 Å². The number of carbonyl (C=O) groups is 1. The molecule has 2 aromatic rings. The van der Waals surface area contributed by atoms with E-state index in [1.54, 1.807) is 4.57 Å². The van der Waals surface area contributed by atoms with Crippen molar-refractivity contribution >= 4 is 18.1 Å². The van der Waals surface area contributed by atoms with Crippen LogP contribution in [0.5, 0.6) is 0 Å². The number of H-pyrrole nitrogens is 1. The molecular weight excluding hydrogens is 296 g/mol. The lowest BCUT2D eigenvalue weighted by Crippen LogP contribution is -2.31. The van der Waals surface area contributed by atoms with E-state index in [2.05, 4.69) is 22.4 Å². The number of benzene rings is 1. The molecule has 118 valence electrons. The van der Waals surface area contributed by atoms with Gasteiger partial charge >= 0.3 is 0 Å². The number of hydrogen-bond acceptors (Lipinski definition) is 3. The molecule has 1 unspecified atom stereocenters. The van der Waals surface area contributed by atoms with E-state index in [1.165, 1.54) is 5.56 Å². The van der Waals surface area contributed by atoms with Crippen LogP contribution in [-0.2, 0) is 17.8 Å². The summed E-state index contributed by atoms with van der Waals surface area (Å²) in [7, 11) is 0. The molecule has 0 radical (unpaired) electrons. The van der Waals surface area contributed by atoms with E-state index in [0.717, 1.165) is 24.2 Å². The van der Waals surface area contributed by atoms with E-state index < -0.39 is 0 Å². The van der Waals surface area contributed by atoms with Crippen LogP contribution < -0.4 is 5.32 Å². The highest BCUT2D eigenvalue weighted by molar-refractivity contribution is 7.71. The lowest BCUT2D eigenvalue weighted by Gasteiger charge is -2.17. The molecular formula is C16H22N4OS. The normalized spacial score (nSPS) is 12.1. The quantitative estimate of drug-likeness (QED) is 0.805. The summed E-state index contributed by atoms with van der Waals surface area (Å²) in [6, 6.07) is 8.02. The van der Waals surface area contributed by atoms with Gasteiger partial charge in [0, 0.05) is 6.42 Å². The average molecular weight is 318 g/mol. The van der Waals surface area contributed by atoms with Crippen LogP contribution in [0.1, 0.15) is 43.3 Å². The van der Waals surface area contributed by atoms with E-state index in [1.807, 2.05) is 38.1 Å². The number of aromatic nitrogens is 3. The fourth-order valence-corrected chi connectivity index (χ4v) is 2.72. The zero-order valence-electron chi connectivity index (χ0n) is 13.2. The van der Waals surface area contributed by atoms with Crippen molar-refractivity contribution in [1.82, 2.24) is 20.1 Å². The van der Waals surface area contributed by atoms with E-state index in [4.69, 9.17) is 12.2 Å². The Morgan fingerprint density at radius 2 is 2.18 bits per heavy atom. The summed E-state index contributed by atoms with van der Waals surface area (Å²) in [5.74, 6) is 0.761. The molecule has 0 fully saturated rings. The van der Waals surface area contributed by atoms with Crippen LogP contribution in [0.3, 0.4) is 0 Å². The van der Waals surface area contributed by atoms with Gasteiger partial charge in [-0.2, -0.15) is 5.10 Å². The molecule has 1 atom stereocenters. The Hall–Kier alpha value is -1.95. The van der Waals surface area contributed by atoms with Gasteiger partial charge in [0.1, 0.15) is 12.4 Å². The minimum atomic E-state index is -0.0643. The second-order valence-electron chi connectivity index (χ2n) is 5.43. The van der Waals surface area contributed by atoms with Crippen molar-refractivity contribution in [3.8, 4) is 0 Å². The molecule has 6 heteroatoms. The van der Waals surface area contributed by atoms with Crippen LogP contribution in [0, 0.1) is 11.7 Å². The van der Waals surface area contributed by atoms with Gasteiger partial charge in [-0.05, 0) is 43.6 Å². The molecule has 0 saturated carbocycles. The third-order valence-electron chi connectivity index (χ3n) is 3.65. The molecule has 22 heavy (non-hydrogen) atoms. The molecule has 1 heterocycles. The summed E-state index contributed by atoms with van der Waals surface area (Å²) in [5, 5.41) is 9.96. The fraction of sp³-hybridized carbons (Fsp3) is 0.438. The second kappa shape index (κ2) is 7.35. The van der Waals surface area contributed by atoms with Crippen LogP contribution in [0.25, 0.3) is 0 Å².